The number of aromatic nitrogens is 2. The maximum absolute atomic E-state index is 12.2. The van der Waals surface area contributed by atoms with Crippen LogP contribution in [0.2, 0.25) is 0 Å². The summed E-state index contributed by atoms with van der Waals surface area (Å²) in [7, 11) is -3.89. The summed E-state index contributed by atoms with van der Waals surface area (Å²) in [6.07, 6.45) is 2.84. The van der Waals surface area contributed by atoms with Gasteiger partial charge in [0.1, 0.15) is 6.04 Å². The van der Waals surface area contributed by atoms with Crippen LogP contribution in [0, 0.1) is 3.57 Å². The summed E-state index contributed by atoms with van der Waals surface area (Å²) in [5, 5.41) is 9.16. The number of imidazole rings is 1. The van der Waals surface area contributed by atoms with E-state index in [1.807, 2.05) is 0 Å². The second kappa shape index (κ2) is 6.54. The van der Waals surface area contributed by atoms with Crippen LogP contribution in [0.1, 0.15) is 5.69 Å². The Labute approximate surface area is 135 Å². The molecule has 0 radical (unpaired) electrons. The van der Waals surface area contributed by atoms with Crippen molar-refractivity contribution in [3.8, 4) is 0 Å². The van der Waals surface area contributed by atoms with E-state index in [4.69, 9.17) is 5.11 Å². The van der Waals surface area contributed by atoms with Crippen LogP contribution < -0.4 is 4.72 Å². The SMILES string of the molecule is O=C(O)[C@@H](Cc1cnc[nH]1)NS(=O)(=O)c1ccc(I)cc1. The van der Waals surface area contributed by atoms with Gasteiger partial charge < -0.3 is 10.1 Å². The first-order valence-electron chi connectivity index (χ1n) is 5.86. The molecule has 21 heavy (non-hydrogen) atoms. The van der Waals surface area contributed by atoms with E-state index >= 15 is 0 Å². The van der Waals surface area contributed by atoms with Crippen LogP contribution in [-0.2, 0) is 21.2 Å². The lowest BCUT2D eigenvalue weighted by Crippen LogP contribution is -2.42. The number of hydrogen-bond donors (Lipinski definition) is 3. The zero-order valence-electron chi connectivity index (χ0n) is 10.7. The van der Waals surface area contributed by atoms with Gasteiger partial charge in [-0.2, -0.15) is 4.72 Å². The van der Waals surface area contributed by atoms with E-state index in [9.17, 15) is 13.2 Å². The summed E-state index contributed by atoms with van der Waals surface area (Å²) < 4.78 is 27.4. The van der Waals surface area contributed by atoms with Crippen LogP contribution in [0.15, 0.2) is 41.7 Å². The number of aromatic amines is 1. The van der Waals surface area contributed by atoms with E-state index in [-0.39, 0.29) is 11.3 Å². The van der Waals surface area contributed by atoms with E-state index in [2.05, 4.69) is 37.3 Å². The molecule has 0 saturated heterocycles. The van der Waals surface area contributed by atoms with Gasteiger partial charge in [-0.15, -0.1) is 0 Å². The minimum Gasteiger partial charge on any atom is -0.480 e. The molecule has 0 aliphatic rings. The van der Waals surface area contributed by atoms with Crippen LogP contribution in [0.4, 0.5) is 0 Å². The zero-order chi connectivity index (χ0) is 15.5. The van der Waals surface area contributed by atoms with E-state index in [0.29, 0.717) is 5.69 Å². The largest absolute Gasteiger partial charge is 0.480 e. The second-order valence-electron chi connectivity index (χ2n) is 4.25. The highest BCUT2D eigenvalue weighted by molar-refractivity contribution is 14.1. The molecular weight excluding hydrogens is 409 g/mol. The highest BCUT2D eigenvalue weighted by Gasteiger charge is 2.26. The van der Waals surface area contributed by atoms with Crippen molar-refractivity contribution >= 4 is 38.6 Å². The molecule has 0 aliphatic heterocycles. The number of carboxylic acids is 1. The number of sulfonamides is 1. The highest BCUT2D eigenvalue weighted by Crippen LogP contribution is 2.13. The molecule has 9 heteroatoms. The van der Waals surface area contributed by atoms with Gasteiger partial charge in [-0.1, -0.05) is 0 Å². The van der Waals surface area contributed by atoms with Gasteiger partial charge in [0.25, 0.3) is 0 Å². The zero-order valence-corrected chi connectivity index (χ0v) is 13.6. The predicted octanol–water partition coefficient (Wildman–Crippen LogP) is 0.989. The van der Waals surface area contributed by atoms with Crippen molar-refractivity contribution < 1.29 is 18.3 Å². The maximum atomic E-state index is 12.2. The Kier molecular flexibility index (Phi) is 4.96. The molecule has 1 aromatic carbocycles. The van der Waals surface area contributed by atoms with E-state index in [1.165, 1.54) is 24.7 Å². The molecule has 0 amide bonds. The van der Waals surface area contributed by atoms with Crippen LogP contribution in [-0.4, -0.2) is 35.5 Å². The lowest BCUT2D eigenvalue weighted by Gasteiger charge is -2.14. The third kappa shape index (κ3) is 4.25. The van der Waals surface area contributed by atoms with Crippen molar-refractivity contribution in [2.75, 3.05) is 0 Å². The van der Waals surface area contributed by atoms with Crippen molar-refractivity contribution in [1.82, 2.24) is 14.7 Å². The summed E-state index contributed by atoms with van der Waals surface area (Å²) in [6.45, 7) is 0. The monoisotopic (exact) mass is 421 g/mol. The van der Waals surface area contributed by atoms with Gasteiger partial charge in [-0.25, -0.2) is 13.4 Å². The smallest absolute Gasteiger partial charge is 0.322 e. The lowest BCUT2D eigenvalue weighted by atomic mass is 10.2. The highest BCUT2D eigenvalue weighted by atomic mass is 127. The molecule has 7 nitrogen and oxygen atoms in total. The van der Waals surface area contributed by atoms with Crippen molar-refractivity contribution in [3.05, 3.63) is 46.1 Å². The van der Waals surface area contributed by atoms with Crippen LogP contribution in [0.3, 0.4) is 0 Å². The quantitative estimate of drug-likeness (QED) is 0.603. The summed E-state index contributed by atoms with van der Waals surface area (Å²) in [5.74, 6) is -1.25. The molecule has 2 aromatic rings. The number of aliphatic carboxylic acids is 1. The van der Waals surface area contributed by atoms with Gasteiger partial charge in [-0.3, -0.25) is 4.79 Å². The van der Waals surface area contributed by atoms with Crippen molar-refractivity contribution in [3.63, 3.8) is 0 Å². The molecule has 0 fully saturated rings. The first-order chi connectivity index (χ1) is 9.88. The molecule has 2 rings (SSSR count). The molecule has 112 valence electrons. The fourth-order valence-corrected chi connectivity index (χ4v) is 3.21. The minimum atomic E-state index is -3.89. The number of nitrogens with zero attached hydrogens (tertiary/aromatic N) is 1. The predicted molar refractivity (Wildman–Crippen MR) is 83.2 cm³/mol. The van der Waals surface area contributed by atoms with Crippen LogP contribution in [0.5, 0.6) is 0 Å². The number of benzene rings is 1. The fraction of sp³-hybridized carbons (Fsp3) is 0.167. The molecule has 0 unspecified atom stereocenters. The number of carboxylic acid groups (broad SMARTS) is 1. The van der Waals surface area contributed by atoms with E-state index < -0.39 is 22.0 Å². The lowest BCUT2D eigenvalue weighted by molar-refractivity contribution is -0.138. The first-order valence-corrected chi connectivity index (χ1v) is 8.42. The average Bonchev–Trinajstić information content (AvgIpc) is 2.91. The Morgan fingerprint density at radius 1 is 1.38 bits per heavy atom. The number of halogens is 1. The minimum absolute atomic E-state index is 0.0149. The van der Waals surface area contributed by atoms with Gasteiger partial charge in [0.2, 0.25) is 10.0 Å². The molecular formula is C12H12IN3O4S. The fourth-order valence-electron chi connectivity index (χ4n) is 1.66. The molecule has 0 bridgehead atoms. The van der Waals surface area contributed by atoms with Crippen molar-refractivity contribution in [2.45, 2.75) is 17.4 Å². The van der Waals surface area contributed by atoms with Gasteiger partial charge >= 0.3 is 5.97 Å². The average molecular weight is 421 g/mol. The number of rotatable bonds is 6. The molecule has 1 atom stereocenters. The topological polar surface area (TPSA) is 112 Å². The summed E-state index contributed by atoms with van der Waals surface area (Å²) in [6, 6.07) is 4.87. The Morgan fingerprint density at radius 3 is 2.57 bits per heavy atom. The molecule has 0 spiro atoms. The van der Waals surface area contributed by atoms with E-state index in [0.717, 1.165) is 3.57 Å². The number of nitrogens with one attached hydrogen (secondary N) is 2. The van der Waals surface area contributed by atoms with Gasteiger partial charge in [-0.05, 0) is 46.9 Å². The van der Waals surface area contributed by atoms with Crippen LogP contribution >= 0.6 is 22.6 Å². The van der Waals surface area contributed by atoms with Crippen molar-refractivity contribution in [1.29, 1.82) is 0 Å². The van der Waals surface area contributed by atoms with Gasteiger partial charge in [0.15, 0.2) is 0 Å². The summed E-state index contributed by atoms with van der Waals surface area (Å²) in [4.78, 5) is 17.8. The number of H-pyrrole nitrogens is 1. The Hall–Kier alpha value is -1.46. The Bertz CT molecular complexity index is 713. The standard InChI is InChI=1S/C12H12IN3O4S/c13-8-1-3-10(4-2-8)21(19,20)16-11(12(17)18)5-9-6-14-7-15-9/h1-4,6-7,11,16H,5H2,(H,14,15)(H,17,18)/t11-/m1/s1. The van der Waals surface area contributed by atoms with Gasteiger partial charge in [0.05, 0.1) is 11.2 Å². The summed E-state index contributed by atoms with van der Waals surface area (Å²) in [5.41, 5.74) is 0.535. The molecule has 0 aliphatic carbocycles. The second-order valence-corrected chi connectivity index (χ2v) is 7.21. The van der Waals surface area contributed by atoms with Crippen LogP contribution in [0.25, 0.3) is 0 Å². The third-order valence-corrected chi connectivity index (χ3v) is 4.91. The Balaban J connectivity index is 2.19. The number of carbonyl (C=O) groups is 1. The molecule has 1 heterocycles. The molecule has 1 aromatic heterocycles. The van der Waals surface area contributed by atoms with Gasteiger partial charge in [0, 0.05) is 21.9 Å². The third-order valence-electron chi connectivity index (χ3n) is 2.70. The van der Waals surface area contributed by atoms with E-state index in [1.54, 1.807) is 12.1 Å². The Morgan fingerprint density at radius 2 is 2.05 bits per heavy atom. The number of hydrogen-bond acceptors (Lipinski definition) is 4. The van der Waals surface area contributed by atoms with Crippen molar-refractivity contribution in [2.24, 2.45) is 0 Å². The molecule has 0 saturated carbocycles. The summed E-state index contributed by atoms with van der Waals surface area (Å²) >= 11 is 2.05. The molecule has 3 N–H and O–H groups in total. The normalized spacial score (nSPS) is 13.0. The maximum Gasteiger partial charge on any atom is 0.322 e. The first kappa shape index (κ1) is 15.9.